The smallest absolute Gasteiger partial charge is 0.310 e. The molecule has 1 N–H and O–H groups in total. The molecule has 0 radical (unpaired) electrons. The summed E-state index contributed by atoms with van der Waals surface area (Å²) in [5.74, 6) is 1.79. The van der Waals surface area contributed by atoms with Gasteiger partial charge in [-0.05, 0) is 37.5 Å². The highest BCUT2D eigenvalue weighted by atomic mass is 35.5. The third-order valence-corrected chi connectivity index (χ3v) is 5.02. The Kier molecular flexibility index (Phi) is 8.23. The first-order valence-corrected chi connectivity index (χ1v) is 9.93. The summed E-state index contributed by atoms with van der Waals surface area (Å²) in [6.45, 7) is 8.98. The number of hydrogen-bond acceptors (Lipinski definition) is 5. The Bertz CT molecular complexity index is 711. The lowest BCUT2D eigenvalue weighted by Crippen LogP contribution is -2.40. The fraction of sp³-hybridized carbons (Fsp3) is 0.600. The number of hydrogen-bond donors (Lipinski definition) is 1. The van der Waals surface area contributed by atoms with Crippen molar-refractivity contribution in [2.75, 3.05) is 40.5 Å². The molecule has 0 amide bonds. The number of carbonyl (C=O) groups is 1. The predicted octanol–water partition coefficient (Wildman–Crippen LogP) is 2.95. The lowest BCUT2D eigenvalue weighted by atomic mass is 9.99. The van der Waals surface area contributed by atoms with Crippen molar-refractivity contribution in [2.24, 2.45) is 16.8 Å². The van der Waals surface area contributed by atoms with Gasteiger partial charge in [-0.2, -0.15) is 0 Å². The van der Waals surface area contributed by atoms with E-state index in [0.29, 0.717) is 36.2 Å². The Balaban J connectivity index is 2.19. The van der Waals surface area contributed by atoms with Crippen molar-refractivity contribution in [2.45, 2.75) is 27.3 Å². The lowest BCUT2D eigenvalue weighted by molar-refractivity contribution is -0.145. The van der Waals surface area contributed by atoms with E-state index in [1.165, 1.54) is 7.11 Å². The molecule has 1 aliphatic rings. The fourth-order valence-corrected chi connectivity index (χ4v) is 3.63. The van der Waals surface area contributed by atoms with Crippen LogP contribution in [0.4, 0.5) is 0 Å². The number of aliphatic imine (C=N–C) groups is 1. The molecule has 1 fully saturated rings. The Morgan fingerprint density at radius 3 is 2.68 bits per heavy atom. The second-order valence-electron chi connectivity index (χ2n) is 6.72. The zero-order valence-corrected chi connectivity index (χ0v) is 18.0. The average Bonchev–Trinajstić information content (AvgIpc) is 3.07. The van der Waals surface area contributed by atoms with Crippen LogP contribution in [0.25, 0.3) is 0 Å². The van der Waals surface area contributed by atoms with Gasteiger partial charge in [-0.1, -0.05) is 18.5 Å². The van der Waals surface area contributed by atoms with E-state index in [1.807, 2.05) is 26.0 Å². The number of ether oxygens (including phenoxy) is 3. The van der Waals surface area contributed by atoms with Gasteiger partial charge in [0.15, 0.2) is 17.5 Å². The van der Waals surface area contributed by atoms with Crippen molar-refractivity contribution in [3.8, 4) is 11.5 Å². The van der Waals surface area contributed by atoms with Crippen molar-refractivity contribution in [3.63, 3.8) is 0 Å². The molecule has 1 heterocycles. The monoisotopic (exact) mass is 411 g/mol. The van der Waals surface area contributed by atoms with Gasteiger partial charge >= 0.3 is 5.97 Å². The molecule has 0 saturated carbocycles. The minimum absolute atomic E-state index is 0.145. The average molecular weight is 412 g/mol. The first kappa shape index (κ1) is 22.1. The SMILES string of the molecule is CCNC(=NCc1cc(Cl)c(OCC)c(OC)c1)N1CC(C)C(C(=O)OC)C1. The van der Waals surface area contributed by atoms with Crippen LogP contribution in [0.1, 0.15) is 26.3 Å². The van der Waals surface area contributed by atoms with E-state index in [2.05, 4.69) is 17.1 Å². The number of nitrogens with zero attached hydrogens (tertiary/aromatic N) is 2. The van der Waals surface area contributed by atoms with Crippen molar-refractivity contribution in [1.82, 2.24) is 10.2 Å². The van der Waals surface area contributed by atoms with Crippen LogP contribution in [0.3, 0.4) is 0 Å². The maximum Gasteiger partial charge on any atom is 0.310 e. The van der Waals surface area contributed by atoms with Crippen LogP contribution < -0.4 is 14.8 Å². The quantitative estimate of drug-likeness (QED) is 0.422. The van der Waals surface area contributed by atoms with Crippen molar-refractivity contribution in [3.05, 3.63) is 22.7 Å². The molecule has 1 saturated heterocycles. The molecule has 2 unspecified atom stereocenters. The molecule has 28 heavy (non-hydrogen) atoms. The number of carbonyl (C=O) groups excluding carboxylic acids is 1. The molecule has 1 aromatic rings. The summed E-state index contributed by atoms with van der Waals surface area (Å²) in [6, 6.07) is 3.72. The molecule has 1 aliphatic heterocycles. The van der Waals surface area contributed by atoms with Crippen LogP contribution in [0, 0.1) is 11.8 Å². The van der Waals surface area contributed by atoms with E-state index in [9.17, 15) is 4.79 Å². The van der Waals surface area contributed by atoms with Gasteiger partial charge in [0.25, 0.3) is 0 Å². The van der Waals surface area contributed by atoms with Gasteiger partial charge < -0.3 is 24.4 Å². The summed E-state index contributed by atoms with van der Waals surface area (Å²) in [7, 11) is 3.02. The number of nitrogens with one attached hydrogen (secondary N) is 1. The van der Waals surface area contributed by atoms with Gasteiger partial charge in [-0.3, -0.25) is 4.79 Å². The van der Waals surface area contributed by atoms with Crippen molar-refractivity contribution < 1.29 is 19.0 Å². The number of guanidine groups is 1. The molecular weight excluding hydrogens is 382 g/mol. The molecule has 0 spiro atoms. The number of halogens is 1. The zero-order chi connectivity index (χ0) is 20.7. The first-order chi connectivity index (χ1) is 13.4. The second-order valence-corrected chi connectivity index (χ2v) is 7.13. The molecular formula is C20H30ClN3O4. The van der Waals surface area contributed by atoms with E-state index in [1.54, 1.807) is 7.11 Å². The van der Waals surface area contributed by atoms with Gasteiger partial charge in [-0.25, -0.2) is 4.99 Å². The highest BCUT2D eigenvalue weighted by Crippen LogP contribution is 2.36. The topological polar surface area (TPSA) is 72.4 Å². The van der Waals surface area contributed by atoms with Gasteiger partial charge in [0.2, 0.25) is 0 Å². The summed E-state index contributed by atoms with van der Waals surface area (Å²) in [6.07, 6.45) is 0. The molecule has 8 heteroatoms. The van der Waals surface area contributed by atoms with Crippen LogP contribution in [0.2, 0.25) is 5.02 Å². The molecule has 0 bridgehead atoms. The molecule has 7 nitrogen and oxygen atoms in total. The van der Waals surface area contributed by atoms with Crippen molar-refractivity contribution in [1.29, 1.82) is 0 Å². The first-order valence-electron chi connectivity index (χ1n) is 9.55. The molecule has 2 atom stereocenters. The highest BCUT2D eigenvalue weighted by Gasteiger charge is 2.36. The molecule has 156 valence electrons. The molecule has 1 aromatic carbocycles. The summed E-state index contributed by atoms with van der Waals surface area (Å²) >= 11 is 6.35. The van der Waals surface area contributed by atoms with E-state index in [0.717, 1.165) is 24.6 Å². The minimum atomic E-state index is -0.172. The van der Waals surface area contributed by atoms with Crippen LogP contribution in [0.5, 0.6) is 11.5 Å². The van der Waals surface area contributed by atoms with Crippen LogP contribution in [0.15, 0.2) is 17.1 Å². The van der Waals surface area contributed by atoms with Gasteiger partial charge in [0.1, 0.15) is 0 Å². The molecule has 2 rings (SSSR count). The number of likely N-dealkylation sites (tertiary alicyclic amines) is 1. The Hall–Kier alpha value is -2.15. The van der Waals surface area contributed by atoms with E-state index >= 15 is 0 Å². The maximum absolute atomic E-state index is 12.0. The Labute approximate surface area is 172 Å². The number of esters is 1. The normalized spacial score (nSPS) is 19.5. The van der Waals surface area contributed by atoms with Gasteiger partial charge in [-0.15, -0.1) is 0 Å². The summed E-state index contributed by atoms with van der Waals surface area (Å²) in [5.41, 5.74) is 0.914. The second kappa shape index (κ2) is 10.4. The lowest BCUT2D eigenvalue weighted by Gasteiger charge is -2.21. The predicted molar refractivity (Wildman–Crippen MR) is 110 cm³/mol. The van der Waals surface area contributed by atoms with Crippen molar-refractivity contribution >= 4 is 23.5 Å². The van der Waals surface area contributed by atoms with Crippen LogP contribution in [-0.2, 0) is 16.1 Å². The van der Waals surface area contributed by atoms with E-state index in [-0.39, 0.29) is 17.8 Å². The zero-order valence-electron chi connectivity index (χ0n) is 17.3. The number of benzene rings is 1. The van der Waals surface area contributed by atoms with Gasteiger partial charge in [0, 0.05) is 19.6 Å². The minimum Gasteiger partial charge on any atom is -0.493 e. The van der Waals surface area contributed by atoms with E-state index in [4.69, 9.17) is 30.8 Å². The summed E-state index contributed by atoms with van der Waals surface area (Å²) < 4.78 is 15.9. The summed E-state index contributed by atoms with van der Waals surface area (Å²) in [5, 5.41) is 3.80. The largest absolute Gasteiger partial charge is 0.493 e. The molecule has 0 aliphatic carbocycles. The fourth-order valence-electron chi connectivity index (χ4n) is 3.34. The van der Waals surface area contributed by atoms with Gasteiger partial charge in [0.05, 0.1) is 38.3 Å². The molecule has 0 aromatic heterocycles. The number of methoxy groups -OCH3 is 2. The maximum atomic E-state index is 12.0. The third kappa shape index (κ3) is 5.22. The van der Waals surface area contributed by atoms with Crippen LogP contribution in [-0.4, -0.2) is 57.3 Å². The Morgan fingerprint density at radius 2 is 2.07 bits per heavy atom. The Morgan fingerprint density at radius 1 is 1.32 bits per heavy atom. The highest BCUT2D eigenvalue weighted by molar-refractivity contribution is 6.32. The number of rotatable bonds is 7. The third-order valence-electron chi connectivity index (χ3n) is 4.74. The summed E-state index contributed by atoms with van der Waals surface area (Å²) in [4.78, 5) is 18.8. The standard InChI is InChI=1S/C20H30ClN3O4/c1-6-22-20(24-11-13(3)15(12-24)19(25)27-5)23-10-14-8-16(21)18(28-7-2)17(9-14)26-4/h8-9,13,15H,6-7,10-12H2,1-5H3,(H,22,23). The van der Waals surface area contributed by atoms with Crippen LogP contribution >= 0.6 is 11.6 Å². The van der Waals surface area contributed by atoms with E-state index < -0.39 is 0 Å².